The van der Waals surface area contributed by atoms with Crippen LogP contribution in [0.25, 0.3) is 0 Å². The predicted molar refractivity (Wildman–Crippen MR) is 135 cm³/mol. The van der Waals surface area contributed by atoms with Gasteiger partial charge in [0.15, 0.2) is 0 Å². The van der Waals surface area contributed by atoms with Crippen molar-refractivity contribution >= 4 is 21.4 Å². The smallest absolute Gasteiger partial charge is 0.261 e. The number of fused-ring (bicyclic) bond motifs is 3. The van der Waals surface area contributed by atoms with E-state index in [0.717, 1.165) is 28.8 Å². The third-order valence-corrected chi connectivity index (χ3v) is 8.48. The summed E-state index contributed by atoms with van der Waals surface area (Å²) in [5.74, 6) is 0.559. The molecule has 170 valence electrons. The minimum absolute atomic E-state index is 0.196. The van der Waals surface area contributed by atoms with Crippen LogP contribution in [0.3, 0.4) is 0 Å². The van der Waals surface area contributed by atoms with Gasteiger partial charge >= 0.3 is 0 Å². The second-order valence-electron chi connectivity index (χ2n) is 9.46. The van der Waals surface area contributed by atoms with E-state index in [9.17, 15) is 8.42 Å². The molecule has 0 fully saturated rings. The molecular formula is C28H30N2O2S. The zero-order chi connectivity index (χ0) is 23.3. The van der Waals surface area contributed by atoms with Gasteiger partial charge in [-0.3, -0.25) is 4.72 Å². The number of benzene rings is 3. The van der Waals surface area contributed by atoms with Crippen LogP contribution in [-0.4, -0.2) is 8.42 Å². The average Bonchev–Trinajstić information content (AvgIpc) is 3.28. The Hall–Kier alpha value is -3.05. The van der Waals surface area contributed by atoms with E-state index in [-0.39, 0.29) is 12.0 Å². The van der Waals surface area contributed by atoms with Gasteiger partial charge in [0.2, 0.25) is 0 Å². The number of sulfonamides is 1. The summed E-state index contributed by atoms with van der Waals surface area (Å²) in [7, 11) is -3.70. The van der Waals surface area contributed by atoms with Crippen molar-refractivity contribution in [2.24, 2.45) is 5.92 Å². The first-order chi connectivity index (χ1) is 15.7. The maximum Gasteiger partial charge on any atom is 0.261 e. The maximum atomic E-state index is 13.3. The standard InChI is InChI=1S/C28H30N2O2S/c1-17-11-12-18(2)24(15-17)28-23-10-6-9-22(23)25-16-21(13-14-26(25)29-28)33(31,32)30-27-19(3)7-5-8-20(27)4/h5-9,11-16,22-23,28-30H,10H2,1-4H3/t22-,23+,28-/m0/s1. The number of hydrogen-bond acceptors (Lipinski definition) is 3. The van der Waals surface area contributed by atoms with Crippen LogP contribution in [0, 0.1) is 33.6 Å². The van der Waals surface area contributed by atoms with E-state index in [1.807, 2.05) is 44.2 Å². The lowest BCUT2D eigenvalue weighted by atomic mass is 9.76. The van der Waals surface area contributed by atoms with Crippen molar-refractivity contribution in [1.82, 2.24) is 0 Å². The van der Waals surface area contributed by atoms with Crippen LogP contribution in [0.1, 0.15) is 51.8 Å². The summed E-state index contributed by atoms with van der Waals surface area (Å²) in [4.78, 5) is 0.301. The second kappa shape index (κ2) is 8.07. The number of aryl methyl sites for hydroxylation is 4. The van der Waals surface area contributed by atoms with Gasteiger partial charge in [-0.1, -0.05) is 54.1 Å². The first kappa shape index (κ1) is 21.8. The summed E-state index contributed by atoms with van der Waals surface area (Å²) in [5.41, 5.74) is 8.41. The summed E-state index contributed by atoms with van der Waals surface area (Å²) in [6.45, 7) is 8.13. The van der Waals surface area contributed by atoms with E-state index in [0.29, 0.717) is 16.5 Å². The van der Waals surface area contributed by atoms with E-state index < -0.39 is 10.0 Å². The molecule has 0 saturated heterocycles. The number of hydrogen-bond donors (Lipinski definition) is 2. The van der Waals surface area contributed by atoms with Gasteiger partial charge in [-0.25, -0.2) is 8.42 Å². The molecule has 33 heavy (non-hydrogen) atoms. The SMILES string of the molecule is Cc1ccc(C)c([C@H]2Nc3ccc(S(=O)(=O)Nc4c(C)cccc4C)cc3[C@H]3C=CC[C@H]32)c1. The van der Waals surface area contributed by atoms with Gasteiger partial charge in [0.1, 0.15) is 0 Å². The van der Waals surface area contributed by atoms with Crippen molar-refractivity contribution in [3.63, 3.8) is 0 Å². The van der Waals surface area contributed by atoms with Gasteiger partial charge in [0, 0.05) is 11.6 Å². The highest BCUT2D eigenvalue weighted by molar-refractivity contribution is 7.92. The van der Waals surface area contributed by atoms with Crippen molar-refractivity contribution in [2.45, 2.75) is 51.0 Å². The lowest BCUT2D eigenvalue weighted by molar-refractivity contribution is 0.424. The number of para-hydroxylation sites is 1. The zero-order valence-corrected chi connectivity index (χ0v) is 20.3. The molecule has 0 amide bonds. The first-order valence-electron chi connectivity index (χ1n) is 11.5. The molecule has 1 aliphatic carbocycles. The largest absolute Gasteiger partial charge is 0.378 e. The fourth-order valence-corrected chi connectivity index (χ4v) is 6.55. The van der Waals surface area contributed by atoms with Gasteiger partial charge in [0.25, 0.3) is 10.0 Å². The first-order valence-corrected chi connectivity index (χ1v) is 13.0. The van der Waals surface area contributed by atoms with E-state index in [1.54, 1.807) is 6.07 Å². The Labute approximate surface area is 196 Å². The molecule has 1 aliphatic heterocycles. The molecule has 4 nitrogen and oxygen atoms in total. The average molecular weight is 459 g/mol. The Kier molecular flexibility index (Phi) is 5.32. The third-order valence-electron chi connectivity index (χ3n) is 7.13. The fraction of sp³-hybridized carbons (Fsp3) is 0.286. The van der Waals surface area contributed by atoms with Crippen LogP contribution in [0.4, 0.5) is 11.4 Å². The Bertz CT molecular complexity index is 1350. The highest BCUT2D eigenvalue weighted by Crippen LogP contribution is 2.50. The number of allylic oxidation sites excluding steroid dienone is 2. The molecule has 5 heteroatoms. The molecule has 3 atom stereocenters. The van der Waals surface area contributed by atoms with Crippen LogP contribution in [0.2, 0.25) is 0 Å². The summed E-state index contributed by atoms with van der Waals surface area (Å²) in [6.07, 6.45) is 5.46. The Balaban J connectivity index is 1.52. The van der Waals surface area contributed by atoms with Crippen molar-refractivity contribution in [3.8, 4) is 0 Å². The van der Waals surface area contributed by atoms with Gasteiger partial charge in [0.05, 0.1) is 16.6 Å². The molecule has 0 radical (unpaired) electrons. The molecule has 1 heterocycles. The Morgan fingerprint density at radius 1 is 0.879 bits per heavy atom. The number of rotatable bonds is 4. The van der Waals surface area contributed by atoms with Gasteiger partial charge in [-0.2, -0.15) is 0 Å². The van der Waals surface area contributed by atoms with Crippen molar-refractivity contribution in [3.05, 3.63) is 100 Å². The molecule has 3 aromatic carbocycles. The van der Waals surface area contributed by atoms with Gasteiger partial charge in [-0.15, -0.1) is 0 Å². The molecule has 2 aliphatic rings. The minimum Gasteiger partial charge on any atom is -0.378 e. The molecule has 0 saturated carbocycles. The van der Waals surface area contributed by atoms with Crippen molar-refractivity contribution < 1.29 is 8.42 Å². The lowest BCUT2D eigenvalue weighted by Crippen LogP contribution is -2.30. The lowest BCUT2D eigenvalue weighted by Gasteiger charge is -2.38. The highest BCUT2D eigenvalue weighted by atomic mass is 32.2. The predicted octanol–water partition coefficient (Wildman–Crippen LogP) is 6.55. The zero-order valence-electron chi connectivity index (χ0n) is 19.5. The topological polar surface area (TPSA) is 58.2 Å². The van der Waals surface area contributed by atoms with E-state index in [2.05, 4.69) is 54.2 Å². The van der Waals surface area contributed by atoms with E-state index in [4.69, 9.17) is 0 Å². The molecule has 3 aromatic rings. The maximum absolute atomic E-state index is 13.3. The number of nitrogens with one attached hydrogen (secondary N) is 2. The van der Waals surface area contributed by atoms with Gasteiger partial charge in [-0.05, 0) is 86.1 Å². The van der Waals surface area contributed by atoms with Crippen LogP contribution < -0.4 is 10.0 Å². The quantitative estimate of drug-likeness (QED) is 0.436. The van der Waals surface area contributed by atoms with Crippen LogP contribution in [-0.2, 0) is 10.0 Å². The summed E-state index contributed by atoms with van der Waals surface area (Å²) in [6, 6.07) is 18.1. The monoisotopic (exact) mass is 458 g/mol. The fourth-order valence-electron chi connectivity index (χ4n) is 5.31. The van der Waals surface area contributed by atoms with Crippen LogP contribution in [0.5, 0.6) is 0 Å². The summed E-state index contributed by atoms with van der Waals surface area (Å²) in [5, 5.41) is 3.74. The van der Waals surface area contributed by atoms with E-state index >= 15 is 0 Å². The Morgan fingerprint density at radius 3 is 2.39 bits per heavy atom. The van der Waals surface area contributed by atoms with Crippen LogP contribution in [0.15, 0.2) is 71.6 Å². The van der Waals surface area contributed by atoms with Crippen LogP contribution >= 0.6 is 0 Å². The molecule has 0 unspecified atom stereocenters. The highest BCUT2D eigenvalue weighted by Gasteiger charge is 2.39. The normalized spacial score (nSPS) is 21.3. The molecule has 0 bridgehead atoms. The van der Waals surface area contributed by atoms with E-state index in [1.165, 1.54) is 16.7 Å². The second-order valence-corrected chi connectivity index (χ2v) is 11.1. The molecule has 0 aromatic heterocycles. The Morgan fingerprint density at radius 2 is 1.64 bits per heavy atom. The molecule has 5 rings (SSSR count). The van der Waals surface area contributed by atoms with Crippen molar-refractivity contribution in [1.29, 1.82) is 0 Å². The van der Waals surface area contributed by atoms with Crippen molar-refractivity contribution in [2.75, 3.05) is 10.0 Å². The van der Waals surface area contributed by atoms with Gasteiger partial charge < -0.3 is 5.32 Å². The summed E-state index contributed by atoms with van der Waals surface area (Å²) < 4.78 is 29.4. The number of anilines is 2. The molecule has 2 N–H and O–H groups in total. The molecule has 0 spiro atoms. The summed E-state index contributed by atoms with van der Waals surface area (Å²) >= 11 is 0. The third kappa shape index (κ3) is 3.84. The minimum atomic E-state index is -3.70. The molecular weight excluding hydrogens is 428 g/mol.